The largest absolute Gasteiger partial charge is 0.266 e. The van der Waals surface area contributed by atoms with Crippen molar-refractivity contribution in [3.63, 3.8) is 0 Å². The molecule has 0 unspecified atom stereocenters. The van der Waals surface area contributed by atoms with Crippen molar-refractivity contribution in [3.8, 4) is 0 Å². The quantitative estimate of drug-likeness (QED) is 0.698. The Labute approximate surface area is 83.3 Å². The number of fused-ring (bicyclic) bond motifs is 1. The van der Waals surface area contributed by atoms with Crippen LogP contribution in [0.5, 0.6) is 0 Å². The minimum absolute atomic E-state index is 0.715. The van der Waals surface area contributed by atoms with Gasteiger partial charge in [0.2, 0.25) is 0 Å². The summed E-state index contributed by atoms with van der Waals surface area (Å²) in [6.07, 6.45) is 1.80. The van der Waals surface area contributed by atoms with E-state index >= 15 is 0 Å². The topological polar surface area (TPSA) is 17.8 Å². The Hall–Kier alpha value is -0.540. The molecule has 0 atom stereocenters. The first kappa shape index (κ1) is 8.08. The second-order valence-corrected chi connectivity index (χ2v) is 3.80. The predicted octanol–water partition coefficient (Wildman–Crippen LogP) is 2.99. The fraction of sp³-hybridized carbons (Fsp3) is 0.125. The molecule has 0 N–H and O–H groups in total. The van der Waals surface area contributed by atoms with Crippen LogP contribution < -0.4 is 0 Å². The van der Waals surface area contributed by atoms with Crippen LogP contribution in [0.4, 0.5) is 0 Å². The van der Waals surface area contributed by atoms with Gasteiger partial charge >= 0.3 is 0 Å². The first-order chi connectivity index (χ1) is 5.70. The van der Waals surface area contributed by atoms with E-state index in [9.17, 15) is 0 Å². The number of nitrogens with zero attached hydrogens (tertiary/aromatic N) is 2. The number of rotatable bonds is 0. The third-order valence-electron chi connectivity index (χ3n) is 1.79. The minimum atomic E-state index is 0.715. The average molecular weight is 246 g/mol. The van der Waals surface area contributed by atoms with Crippen LogP contribution in [0.2, 0.25) is 5.02 Å². The second kappa shape index (κ2) is 2.75. The maximum absolute atomic E-state index is 6.06. The molecule has 2 rings (SSSR count). The van der Waals surface area contributed by atoms with Gasteiger partial charge in [0.05, 0.1) is 16.7 Å². The van der Waals surface area contributed by atoms with Gasteiger partial charge in [-0.15, -0.1) is 0 Å². The number of hydrogen-bond donors (Lipinski definition) is 0. The van der Waals surface area contributed by atoms with Crippen molar-refractivity contribution in [2.24, 2.45) is 7.05 Å². The highest BCUT2D eigenvalue weighted by Gasteiger charge is 2.06. The Morgan fingerprint density at radius 1 is 1.50 bits per heavy atom. The Morgan fingerprint density at radius 3 is 3.00 bits per heavy atom. The smallest absolute Gasteiger partial charge is 0.0876 e. The Kier molecular flexibility index (Phi) is 1.85. The van der Waals surface area contributed by atoms with Gasteiger partial charge in [-0.3, -0.25) is 4.68 Å². The van der Waals surface area contributed by atoms with Gasteiger partial charge in [0.25, 0.3) is 0 Å². The lowest BCUT2D eigenvalue weighted by molar-refractivity contribution is 0.797. The highest BCUT2D eigenvalue weighted by molar-refractivity contribution is 9.10. The Balaban J connectivity index is 2.96. The van der Waals surface area contributed by atoms with E-state index in [1.807, 2.05) is 19.2 Å². The second-order valence-electron chi connectivity index (χ2n) is 2.57. The van der Waals surface area contributed by atoms with Gasteiger partial charge in [-0.2, -0.15) is 5.10 Å². The van der Waals surface area contributed by atoms with Crippen LogP contribution in [0.3, 0.4) is 0 Å². The van der Waals surface area contributed by atoms with Crippen molar-refractivity contribution < 1.29 is 0 Å². The monoisotopic (exact) mass is 244 g/mol. The van der Waals surface area contributed by atoms with Gasteiger partial charge in [-0.1, -0.05) is 11.6 Å². The van der Waals surface area contributed by atoms with Crippen molar-refractivity contribution in [2.45, 2.75) is 0 Å². The van der Waals surface area contributed by atoms with E-state index in [4.69, 9.17) is 11.6 Å². The Morgan fingerprint density at radius 2 is 2.25 bits per heavy atom. The van der Waals surface area contributed by atoms with Crippen molar-refractivity contribution in [2.75, 3.05) is 0 Å². The number of aromatic nitrogens is 2. The van der Waals surface area contributed by atoms with E-state index in [-0.39, 0.29) is 0 Å². The fourth-order valence-electron chi connectivity index (χ4n) is 1.19. The van der Waals surface area contributed by atoms with Crippen molar-refractivity contribution >= 4 is 38.4 Å². The van der Waals surface area contributed by atoms with Gasteiger partial charge in [0.15, 0.2) is 0 Å². The van der Waals surface area contributed by atoms with E-state index in [0.29, 0.717) is 5.02 Å². The van der Waals surface area contributed by atoms with Gasteiger partial charge in [-0.05, 0) is 28.1 Å². The van der Waals surface area contributed by atoms with E-state index in [2.05, 4.69) is 21.0 Å². The molecule has 62 valence electrons. The summed E-state index contributed by atoms with van der Waals surface area (Å²) in [4.78, 5) is 0. The maximum Gasteiger partial charge on any atom is 0.0876 e. The lowest BCUT2D eigenvalue weighted by Gasteiger charge is -1.99. The molecule has 0 aliphatic carbocycles. The molecule has 1 aromatic carbocycles. The van der Waals surface area contributed by atoms with Crippen molar-refractivity contribution in [1.82, 2.24) is 9.78 Å². The maximum atomic E-state index is 6.06. The average Bonchev–Trinajstić information content (AvgIpc) is 2.41. The summed E-state index contributed by atoms with van der Waals surface area (Å²) in [7, 11) is 1.88. The molecule has 0 aliphatic heterocycles. The third kappa shape index (κ3) is 1.04. The molecule has 0 spiro atoms. The molecule has 0 saturated carbocycles. The number of benzene rings is 1. The van der Waals surface area contributed by atoms with Crippen LogP contribution in [0.25, 0.3) is 10.9 Å². The molecular weight excluding hydrogens is 239 g/mol. The lowest BCUT2D eigenvalue weighted by Crippen LogP contribution is -1.89. The Bertz CT molecular complexity index is 436. The summed E-state index contributed by atoms with van der Waals surface area (Å²) in [6.45, 7) is 0. The number of hydrogen-bond acceptors (Lipinski definition) is 1. The van der Waals surface area contributed by atoms with Crippen LogP contribution >= 0.6 is 27.5 Å². The summed E-state index contributed by atoms with van der Waals surface area (Å²) < 4.78 is 2.67. The third-order valence-corrected chi connectivity index (χ3v) is 3.07. The van der Waals surface area contributed by atoms with Crippen LogP contribution in [-0.2, 0) is 7.05 Å². The molecule has 12 heavy (non-hydrogen) atoms. The summed E-state index contributed by atoms with van der Waals surface area (Å²) in [5, 5.41) is 5.89. The van der Waals surface area contributed by atoms with E-state index in [1.165, 1.54) is 0 Å². The minimum Gasteiger partial charge on any atom is -0.266 e. The molecule has 4 heteroatoms. The van der Waals surface area contributed by atoms with Crippen molar-refractivity contribution in [1.29, 1.82) is 0 Å². The molecule has 0 bridgehead atoms. The van der Waals surface area contributed by atoms with E-state index < -0.39 is 0 Å². The van der Waals surface area contributed by atoms with Crippen LogP contribution in [0.1, 0.15) is 0 Å². The molecule has 2 aromatic rings. The zero-order valence-corrected chi connectivity index (χ0v) is 8.72. The normalized spacial score (nSPS) is 10.9. The molecule has 1 aromatic heterocycles. The molecule has 2 nitrogen and oxygen atoms in total. The highest BCUT2D eigenvalue weighted by Crippen LogP contribution is 2.30. The SMILES string of the molecule is Cn1ncc2ccc(Br)c(Cl)c21. The van der Waals surface area contributed by atoms with Gasteiger partial charge < -0.3 is 0 Å². The lowest BCUT2D eigenvalue weighted by atomic mass is 10.2. The number of halogens is 2. The van der Waals surface area contributed by atoms with Gasteiger partial charge in [0, 0.05) is 16.9 Å². The van der Waals surface area contributed by atoms with Gasteiger partial charge in [0.1, 0.15) is 0 Å². The predicted molar refractivity (Wildman–Crippen MR) is 53.4 cm³/mol. The van der Waals surface area contributed by atoms with Gasteiger partial charge in [-0.25, -0.2) is 0 Å². The molecule has 0 radical (unpaired) electrons. The molecule has 0 fully saturated rings. The zero-order chi connectivity index (χ0) is 8.72. The standard InChI is InChI=1S/C8H6BrClN2/c1-12-8-5(4-11-12)2-3-6(9)7(8)10/h2-4H,1H3. The first-order valence-corrected chi connectivity index (χ1v) is 4.63. The molecule has 1 heterocycles. The zero-order valence-electron chi connectivity index (χ0n) is 6.38. The number of aryl methyl sites for hydroxylation is 1. The van der Waals surface area contributed by atoms with Crippen LogP contribution in [-0.4, -0.2) is 9.78 Å². The van der Waals surface area contributed by atoms with Crippen LogP contribution in [0.15, 0.2) is 22.8 Å². The first-order valence-electron chi connectivity index (χ1n) is 3.46. The van der Waals surface area contributed by atoms with Crippen molar-refractivity contribution in [3.05, 3.63) is 27.8 Å². The summed E-state index contributed by atoms with van der Waals surface area (Å²) in [5.74, 6) is 0. The molecule has 0 amide bonds. The molecule has 0 saturated heterocycles. The summed E-state index contributed by atoms with van der Waals surface area (Å²) in [5.41, 5.74) is 0.964. The fourth-order valence-corrected chi connectivity index (χ4v) is 1.81. The van der Waals surface area contributed by atoms with Crippen LogP contribution in [0, 0.1) is 0 Å². The van der Waals surface area contributed by atoms with E-state index in [1.54, 1.807) is 10.9 Å². The molecule has 0 aliphatic rings. The molecular formula is C8H6BrClN2. The highest BCUT2D eigenvalue weighted by atomic mass is 79.9. The summed E-state index contributed by atoms with van der Waals surface area (Å²) in [6, 6.07) is 3.91. The summed E-state index contributed by atoms with van der Waals surface area (Å²) >= 11 is 9.43. The van der Waals surface area contributed by atoms with E-state index in [0.717, 1.165) is 15.4 Å².